The number of rotatable bonds is 5. The van der Waals surface area contributed by atoms with Gasteiger partial charge in [-0.1, -0.05) is 12.1 Å². The second kappa shape index (κ2) is 6.41. The van der Waals surface area contributed by atoms with Crippen molar-refractivity contribution >= 4 is 11.9 Å². The van der Waals surface area contributed by atoms with Crippen LogP contribution in [-0.2, 0) is 16.1 Å². The molecule has 2 atom stereocenters. The van der Waals surface area contributed by atoms with Crippen molar-refractivity contribution in [1.29, 1.82) is 0 Å². The first-order valence-corrected chi connectivity index (χ1v) is 6.73. The van der Waals surface area contributed by atoms with Crippen LogP contribution < -0.4 is 10.1 Å². The van der Waals surface area contributed by atoms with Crippen LogP contribution in [0.15, 0.2) is 24.3 Å². The highest BCUT2D eigenvalue weighted by molar-refractivity contribution is 5.80. The number of hydrogen-bond donors (Lipinski definition) is 2. The predicted octanol–water partition coefficient (Wildman–Crippen LogP) is 1.81. The molecule has 5 nitrogen and oxygen atoms in total. The molecule has 0 spiro atoms. The normalized spacial score (nSPS) is 21.4. The molecule has 1 aromatic carbocycles. The number of carboxylic acid groups (broad SMARTS) is 1. The summed E-state index contributed by atoms with van der Waals surface area (Å²) in [6.07, 6.45) is 1.70. The van der Waals surface area contributed by atoms with Crippen molar-refractivity contribution < 1.29 is 19.4 Å². The Hall–Kier alpha value is -2.04. The number of aliphatic carboxylic acids is 1. The van der Waals surface area contributed by atoms with E-state index in [4.69, 9.17) is 9.84 Å². The minimum atomic E-state index is -0.796. The van der Waals surface area contributed by atoms with Crippen molar-refractivity contribution in [3.8, 4) is 5.75 Å². The van der Waals surface area contributed by atoms with Gasteiger partial charge in [-0.3, -0.25) is 9.59 Å². The minimum Gasteiger partial charge on any atom is -0.497 e. The Bertz CT molecular complexity index is 483. The Labute approximate surface area is 117 Å². The summed E-state index contributed by atoms with van der Waals surface area (Å²) >= 11 is 0. The Kier molecular flexibility index (Phi) is 4.61. The summed E-state index contributed by atoms with van der Waals surface area (Å²) in [5, 5.41) is 11.8. The number of carboxylic acids is 1. The van der Waals surface area contributed by atoms with Gasteiger partial charge in [-0.05, 0) is 37.0 Å². The van der Waals surface area contributed by atoms with Gasteiger partial charge in [0.1, 0.15) is 5.75 Å². The molecule has 1 saturated carbocycles. The maximum Gasteiger partial charge on any atom is 0.306 e. The summed E-state index contributed by atoms with van der Waals surface area (Å²) in [6.45, 7) is 0.455. The summed E-state index contributed by atoms with van der Waals surface area (Å²) in [7, 11) is 1.61. The zero-order chi connectivity index (χ0) is 14.5. The molecule has 1 aromatic rings. The molecule has 0 unspecified atom stereocenters. The SMILES string of the molecule is COc1ccc(CNC(=O)[C@@H]2CC[C@H](C(=O)O)C2)cc1. The fourth-order valence-corrected chi connectivity index (χ4v) is 2.52. The molecule has 1 amide bonds. The number of carbonyl (C=O) groups is 2. The molecule has 108 valence electrons. The topological polar surface area (TPSA) is 75.6 Å². The lowest BCUT2D eigenvalue weighted by Crippen LogP contribution is -2.29. The van der Waals surface area contributed by atoms with Crippen molar-refractivity contribution in [3.05, 3.63) is 29.8 Å². The first-order chi connectivity index (χ1) is 9.60. The standard InChI is InChI=1S/C15H19NO4/c1-20-13-6-2-10(3-7-13)9-16-14(17)11-4-5-12(8-11)15(18)19/h2-3,6-7,11-12H,4-5,8-9H2,1H3,(H,16,17)(H,18,19)/t11-,12+/m1/s1. The molecule has 2 rings (SSSR count). The molecule has 0 radical (unpaired) electrons. The lowest BCUT2D eigenvalue weighted by molar-refractivity contribution is -0.141. The summed E-state index contributed by atoms with van der Waals surface area (Å²) < 4.78 is 5.07. The van der Waals surface area contributed by atoms with Gasteiger partial charge in [0.05, 0.1) is 13.0 Å². The summed E-state index contributed by atoms with van der Waals surface area (Å²) in [4.78, 5) is 22.8. The monoisotopic (exact) mass is 277 g/mol. The lowest BCUT2D eigenvalue weighted by Gasteiger charge is -2.11. The lowest BCUT2D eigenvalue weighted by atomic mass is 10.0. The minimum absolute atomic E-state index is 0.0513. The predicted molar refractivity (Wildman–Crippen MR) is 73.3 cm³/mol. The zero-order valence-corrected chi connectivity index (χ0v) is 11.5. The Morgan fingerprint density at radius 1 is 1.25 bits per heavy atom. The summed E-state index contributed by atoms with van der Waals surface area (Å²) in [6, 6.07) is 7.48. The number of hydrogen-bond acceptors (Lipinski definition) is 3. The first kappa shape index (κ1) is 14.4. The van der Waals surface area contributed by atoms with Crippen molar-refractivity contribution in [2.24, 2.45) is 11.8 Å². The van der Waals surface area contributed by atoms with E-state index in [1.807, 2.05) is 24.3 Å². The maximum atomic E-state index is 12.0. The van der Waals surface area contributed by atoms with E-state index in [0.717, 1.165) is 11.3 Å². The van der Waals surface area contributed by atoms with Gasteiger partial charge in [0, 0.05) is 12.5 Å². The fourth-order valence-electron chi connectivity index (χ4n) is 2.52. The van der Waals surface area contributed by atoms with Crippen molar-refractivity contribution in [2.45, 2.75) is 25.8 Å². The number of benzene rings is 1. The van der Waals surface area contributed by atoms with Crippen LogP contribution >= 0.6 is 0 Å². The molecule has 1 aliphatic rings. The van der Waals surface area contributed by atoms with Gasteiger partial charge < -0.3 is 15.2 Å². The summed E-state index contributed by atoms with van der Waals surface area (Å²) in [5.41, 5.74) is 0.993. The van der Waals surface area contributed by atoms with Crippen molar-refractivity contribution in [3.63, 3.8) is 0 Å². The van der Waals surface area contributed by atoms with Gasteiger partial charge in [-0.2, -0.15) is 0 Å². The van der Waals surface area contributed by atoms with Gasteiger partial charge in [0.25, 0.3) is 0 Å². The molecule has 0 saturated heterocycles. The maximum absolute atomic E-state index is 12.0. The smallest absolute Gasteiger partial charge is 0.306 e. The number of ether oxygens (including phenoxy) is 1. The molecule has 0 heterocycles. The van der Waals surface area contributed by atoms with Crippen LogP contribution in [0.3, 0.4) is 0 Å². The number of nitrogens with one attached hydrogen (secondary N) is 1. The second-order valence-corrected chi connectivity index (χ2v) is 5.11. The Morgan fingerprint density at radius 2 is 1.90 bits per heavy atom. The van der Waals surface area contributed by atoms with Gasteiger partial charge in [0.15, 0.2) is 0 Å². The zero-order valence-electron chi connectivity index (χ0n) is 11.5. The van der Waals surface area contributed by atoms with Crippen molar-refractivity contribution in [2.75, 3.05) is 7.11 Å². The van der Waals surface area contributed by atoms with Gasteiger partial charge in [0.2, 0.25) is 5.91 Å². The van der Waals surface area contributed by atoms with Crippen LogP contribution in [0.4, 0.5) is 0 Å². The van der Waals surface area contributed by atoms with Crippen molar-refractivity contribution in [1.82, 2.24) is 5.32 Å². The quantitative estimate of drug-likeness (QED) is 0.860. The fraction of sp³-hybridized carbons (Fsp3) is 0.467. The number of amides is 1. The molecule has 20 heavy (non-hydrogen) atoms. The van der Waals surface area contributed by atoms with E-state index in [-0.39, 0.29) is 17.7 Å². The third kappa shape index (κ3) is 3.50. The average molecular weight is 277 g/mol. The third-order valence-corrected chi connectivity index (χ3v) is 3.78. The van der Waals surface area contributed by atoms with Gasteiger partial charge >= 0.3 is 5.97 Å². The van der Waals surface area contributed by atoms with Crippen LogP contribution in [0, 0.1) is 11.8 Å². The molecule has 0 aliphatic heterocycles. The molecule has 1 fully saturated rings. The van der Waals surface area contributed by atoms with Crippen LogP contribution in [0.25, 0.3) is 0 Å². The third-order valence-electron chi connectivity index (χ3n) is 3.78. The molecule has 0 aromatic heterocycles. The van der Waals surface area contributed by atoms with Crippen LogP contribution in [0.1, 0.15) is 24.8 Å². The largest absolute Gasteiger partial charge is 0.497 e. The Balaban J connectivity index is 1.81. The van der Waals surface area contributed by atoms with Crippen LogP contribution in [0.2, 0.25) is 0 Å². The average Bonchev–Trinajstić information content (AvgIpc) is 2.95. The van der Waals surface area contributed by atoms with E-state index in [2.05, 4.69) is 5.32 Å². The molecular weight excluding hydrogens is 258 g/mol. The van der Waals surface area contributed by atoms with Gasteiger partial charge in [-0.15, -0.1) is 0 Å². The highest BCUT2D eigenvalue weighted by Gasteiger charge is 2.33. The number of methoxy groups -OCH3 is 1. The van der Waals surface area contributed by atoms with E-state index in [1.165, 1.54) is 0 Å². The van der Waals surface area contributed by atoms with E-state index < -0.39 is 5.97 Å². The van der Waals surface area contributed by atoms with E-state index in [0.29, 0.717) is 25.8 Å². The van der Waals surface area contributed by atoms with E-state index >= 15 is 0 Å². The number of carbonyl (C=O) groups excluding carboxylic acids is 1. The molecule has 0 bridgehead atoms. The van der Waals surface area contributed by atoms with Crippen LogP contribution in [0.5, 0.6) is 5.75 Å². The molecule has 5 heteroatoms. The highest BCUT2D eigenvalue weighted by atomic mass is 16.5. The van der Waals surface area contributed by atoms with Gasteiger partial charge in [-0.25, -0.2) is 0 Å². The Morgan fingerprint density at radius 3 is 2.45 bits per heavy atom. The van der Waals surface area contributed by atoms with E-state index in [1.54, 1.807) is 7.11 Å². The first-order valence-electron chi connectivity index (χ1n) is 6.73. The molecule has 2 N–H and O–H groups in total. The highest BCUT2D eigenvalue weighted by Crippen LogP contribution is 2.31. The second-order valence-electron chi connectivity index (χ2n) is 5.11. The van der Waals surface area contributed by atoms with E-state index in [9.17, 15) is 9.59 Å². The molecule has 1 aliphatic carbocycles. The molecular formula is C15H19NO4. The summed E-state index contributed by atoms with van der Waals surface area (Å²) in [5.74, 6) is -0.610. The van der Waals surface area contributed by atoms with Crippen LogP contribution in [-0.4, -0.2) is 24.1 Å².